The summed E-state index contributed by atoms with van der Waals surface area (Å²) in [6, 6.07) is 0.870. The fourth-order valence-corrected chi connectivity index (χ4v) is 2.65. The molecule has 0 aromatic heterocycles. The van der Waals surface area contributed by atoms with Crippen LogP contribution in [0.2, 0.25) is 0 Å². The first-order valence-corrected chi connectivity index (χ1v) is 7.72. The van der Waals surface area contributed by atoms with E-state index in [9.17, 15) is 0 Å². The summed E-state index contributed by atoms with van der Waals surface area (Å²) < 4.78 is 0. The molecule has 0 aliphatic heterocycles. The standard InChI is InChI=1S/C14H28ClN/c1-2-3-4-5-6-7-12-16(13-11-15)14-9-8-10-14/h14H,2-13H2,1H3. The summed E-state index contributed by atoms with van der Waals surface area (Å²) in [6.07, 6.45) is 12.6. The molecular weight excluding hydrogens is 218 g/mol. The number of rotatable bonds is 10. The Bertz CT molecular complexity index is 157. The third-order valence-corrected chi connectivity index (χ3v) is 3.93. The summed E-state index contributed by atoms with van der Waals surface area (Å²) in [5.41, 5.74) is 0. The van der Waals surface area contributed by atoms with Crippen molar-refractivity contribution < 1.29 is 0 Å². The lowest BCUT2D eigenvalue weighted by molar-refractivity contribution is 0.132. The second-order valence-corrected chi connectivity index (χ2v) is 5.46. The molecule has 0 atom stereocenters. The van der Waals surface area contributed by atoms with Crippen LogP contribution in [0.4, 0.5) is 0 Å². The van der Waals surface area contributed by atoms with Gasteiger partial charge in [0.1, 0.15) is 0 Å². The van der Waals surface area contributed by atoms with Crippen LogP contribution in [0.3, 0.4) is 0 Å². The third-order valence-electron chi connectivity index (χ3n) is 3.76. The van der Waals surface area contributed by atoms with Gasteiger partial charge in [-0.05, 0) is 25.8 Å². The summed E-state index contributed by atoms with van der Waals surface area (Å²) in [4.78, 5) is 2.62. The lowest BCUT2D eigenvalue weighted by Gasteiger charge is -2.37. The lowest BCUT2D eigenvalue weighted by Crippen LogP contribution is -2.41. The van der Waals surface area contributed by atoms with Gasteiger partial charge in [0.25, 0.3) is 0 Å². The minimum absolute atomic E-state index is 0.798. The van der Waals surface area contributed by atoms with Gasteiger partial charge in [-0.25, -0.2) is 0 Å². The molecule has 0 bridgehead atoms. The molecule has 0 saturated heterocycles. The van der Waals surface area contributed by atoms with Crippen LogP contribution >= 0.6 is 11.6 Å². The molecule has 1 aliphatic carbocycles. The Kier molecular flexibility index (Phi) is 8.32. The number of alkyl halides is 1. The summed E-state index contributed by atoms with van der Waals surface area (Å²) in [7, 11) is 0. The predicted octanol–water partition coefficient (Wildman–Crippen LogP) is 4.44. The van der Waals surface area contributed by atoms with Gasteiger partial charge in [0.2, 0.25) is 0 Å². The second kappa shape index (κ2) is 9.30. The van der Waals surface area contributed by atoms with Gasteiger partial charge in [-0.1, -0.05) is 45.4 Å². The van der Waals surface area contributed by atoms with Gasteiger partial charge < -0.3 is 0 Å². The third kappa shape index (κ3) is 5.54. The normalized spacial score (nSPS) is 16.7. The Labute approximate surface area is 107 Å². The number of unbranched alkanes of at least 4 members (excludes halogenated alkanes) is 5. The number of hydrogen-bond donors (Lipinski definition) is 0. The molecule has 0 amide bonds. The van der Waals surface area contributed by atoms with Gasteiger partial charge in [0.05, 0.1) is 0 Å². The topological polar surface area (TPSA) is 3.24 Å². The highest BCUT2D eigenvalue weighted by Gasteiger charge is 2.23. The van der Waals surface area contributed by atoms with Crippen molar-refractivity contribution in [3.8, 4) is 0 Å². The van der Waals surface area contributed by atoms with E-state index in [1.165, 1.54) is 64.3 Å². The first kappa shape index (κ1) is 14.3. The van der Waals surface area contributed by atoms with Crippen molar-refractivity contribution in [1.29, 1.82) is 0 Å². The predicted molar refractivity (Wildman–Crippen MR) is 73.3 cm³/mol. The van der Waals surface area contributed by atoms with E-state index in [2.05, 4.69) is 11.8 Å². The molecule has 1 saturated carbocycles. The zero-order valence-electron chi connectivity index (χ0n) is 10.9. The molecule has 0 N–H and O–H groups in total. The maximum atomic E-state index is 5.86. The summed E-state index contributed by atoms with van der Waals surface area (Å²) in [5, 5.41) is 0. The molecule has 2 heteroatoms. The molecule has 1 fully saturated rings. The van der Waals surface area contributed by atoms with Gasteiger partial charge >= 0.3 is 0 Å². The molecule has 1 nitrogen and oxygen atoms in total. The molecular formula is C14H28ClN. The Morgan fingerprint density at radius 3 is 2.25 bits per heavy atom. The Morgan fingerprint density at radius 1 is 1.00 bits per heavy atom. The first-order valence-electron chi connectivity index (χ1n) is 7.18. The van der Waals surface area contributed by atoms with Crippen LogP contribution in [0.5, 0.6) is 0 Å². The molecule has 0 spiro atoms. The SMILES string of the molecule is CCCCCCCCN(CCCl)C1CCC1. The van der Waals surface area contributed by atoms with Crippen molar-refractivity contribution in [2.45, 2.75) is 70.8 Å². The van der Waals surface area contributed by atoms with Gasteiger partial charge in [-0.2, -0.15) is 0 Å². The summed E-state index contributed by atoms with van der Waals surface area (Å²) >= 11 is 5.86. The van der Waals surface area contributed by atoms with Crippen molar-refractivity contribution in [2.24, 2.45) is 0 Å². The van der Waals surface area contributed by atoms with Crippen LogP contribution in [0.1, 0.15) is 64.7 Å². The molecule has 0 aromatic rings. The smallest absolute Gasteiger partial charge is 0.0351 e. The van der Waals surface area contributed by atoms with Crippen molar-refractivity contribution in [1.82, 2.24) is 4.90 Å². The molecule has 1 rings (SSSR count). The largest absolute Gasteiger partial charge is 0.299 e. The van der Waals surface area contributed by atoms with Crippen molar-refractivity contribution in [3.05, 3.63) is 0 Å². The summed E-state index contributed by atoms with van der Waals surface area (Å²) in [5.74, 6) is 0.798. The van der Waals surface area contributed by atoms with E-state index >= 15 is 0 Å². The maximum absolute atomic E-state index is 5.86. The van der Waals surface area contributed by atoms with E-state index < -0.39 is 0 Å². The van der Waals surface area contributed by atoms with Crippen molar-refractivity contribution in [3.63, 3.8) is 0 Å². The van der Waals surface area contributed by atoms with E-state index in [1.807, 2.05) is 0 Å². The van der Waals surface area contributed by atoms with E-state index in [4.69, 9.17) is 11.6 Å². The van der Waals surface area contributed by atoms with Gasteiger partial charge in [0.15, 0.2) is 0 Å². The fraction of sp³-hybridized carbons (Fsp3) is 1.00. The molecule has 16 heavy (non-hydrogen) atoms. The van der Waals surface area contributed by atoms with Crippen LogP contribution < -0.4 is 0 Å². The molecule has 0 aromatic carbocycles. The Hall–Kier alpha value is 0.250. The second-order valence-electron chi connectivity index (χ2n) is 5.08. The van der Waals surface area contributed by atoms with E-state index in [0.717, 1.165) is 18.5 Å². The highest BCUT2D eigenvalue weighted by Crippen LogP contribution is 2.25. The molecule has 96 valence electrons. The van der Waals surface area contributed by atoms with Gasteiger partial charge in [-0.3, -0.25) is 4.90 Å². The van der Waals surface area contributed by atoms with Crippen molar-refractivity contribution >= 4 is 11.6 Å². The van der Waals surface area contributed by atoms with Crippen LogP contribution in [0.25, 0.3) is 0 Å². The Balaban J connectivity index is 1.98. The van der Waals surface area contributed by atoms with E-state index in [-0.39, 0.29) is 0 Å². The van der Waals surface area contributed by atoms with Crippen LogP contribution in [0.15, 0.2) is 0 Å². The number of hydrogen-bond acceptors (Lipinski definition) is 1. The van der Waals surface area contributed by atoms with Crippen LogP contribution in [0, 0.1) is 0 Å². The van der Waals surface area contributed by atoms with E-state index in [1.54, 1.807) is 0 Å². The number of halogens is 1. The molecule has 0 radical (unpaired) electrons. The minimum Gasteiger partial charge on any atom is -0.299 e. The van der Waals surface area contributed by atoms with Crippen LogP contribution in [-0.2, 0) is 0 Å². The fourth-order valence-electron chi connectivity index (χ4n) is 2.43. The average molecular weight is 246 g/mol. The zero-order chi connectivity index (χ0) is 11.6. The van der Waals surface area contributed by atoms with Gasteiger partial charge in [-0.15, -0.1) is 11.6 Å². The highest BCUT2D eigenvalue weighted by atomic mass is 35.5. The number of nitrogens with zero attached hydrogens (tertiary/aromatic N) is 1. The first-order chi connectivity index (χ1) is 7.88. The quantitative estimate of drug-likeness (QED) is 0.406. The highest BCUT2D eigenvalue weighted by molar-refractivity contribution is 6.18. The summed E-state index contributed by atoms with van der Waals surface area (Å²) in [6.45, 7) is 4.66. The molecule has 1 aliphatic rings. The average Bonchev–Trinajstić information content (AvgIpc) is 2.21. The monoisotopic (exact) mass is 245 g/mol. The zero-order valence-corrected chi connectivity index (χ0v) is 11.6. The molecule has 0 unspecified atom stereocenters. The minimum atomic E-state index is 0.798. The lowest BCUT2D eigenvalue weighted by atomic mass is 9.91. The van der Waals surface area contributed by atoms with Gasteiger partial charge in [0, 0.05) is 18.5 Å². The molecule has 0 heterocycles. The van der Waals surface area contributed by atoms with E-state index in [0.29, 0.717) is 0 Å². The Morgan fingerprint density at radius 2 is 1.69 bits per heavy atom. The van der Waals surface area contributed by atoms with Crippen molar-refractivity contribution in [2.75, 3.05) is 19.0 Å². The van der Waals surface area contributed by atoms with Crippen LogP contribution in [-0.4, -0.2) is 29.9 Å². The maximum Gasteiger partial charge on any atom is 0.0351 e.